The molecule has 16 heavy (non-hydrogen) atoms. The minimum atomic E-state index is 0.0594. The molecule has 0 aromatic carbocycles. The van der Waals surface area contributed by atoms with Crippen molar-refractivity contribution >= 4 is 11.9 Å². The third kappa shape index (κ3) is 2.48. The van der Waals surface area contributed by atoms with Gasteiger partial charge in [0, 0.05) is 39.0 Å². The number of nitrogens with zero attached hydrogens (tertiary/aromatic N) is 3. The first-order chi connectivity index (χ1) is 7.79. The summed E-state index contributed by atoms with van der Waals surface area (Å²) in [5.74, 6) is 0.602. The molecular formula is C9H15N5O2. The zero-order valence-electron chi connectivity index (χ0n) is 8.98. The quantitative estimate of drug-likeness (QED) is 0.677. The van der Waals surface area contributed by atoms with E-state index in [4.69, 9.17) is 10.2 Å². The zero-order chi connectivity index (χ0) is 11.4. The maximum absolute atomic E-state index is 11.1. The molecule has 0 radical (unpaired) electrons. The maximum Gasteiger partial charge on any atom is 0.318 e. The summed E-state index contributed by atoms with van der Waals surface area (Å²) in [7, 11) is 0. The van der Waals surface area contributed by atoms with E-state index in [-0.39, 0.29) is 5.91 Å². The predicted octanol–water partition coefficient (Wildman–Crippen LogP) is -1.10. The van der Waals surface area contributed by atoms with Crippen molar-refractivity contribution in [3.63, 3.8) is 0 Å². The van der Waals surface area contributed by atoms with Gasteiger partial charge in [-0.3, -0.25) is 4.79 Å². The zero-order valence-corrected chi connectivity index (χ0v) is 8.98. The van der Waals surface area contributed by atoms with Crippen LogP contribution < -0.4 is 16.0 Å². The Morgan fingerprint density at radius 2 is 2.31 bits per heavy atom. The highest BCUT2D eigenvalue weighted by Crippen LogP contribution is 2.13. The molecule has 88 valence electrons. The monoisotopic (exact) mass is 225 g/mol. The van der Waals surface area contributed by atoms with Gasteiger partial charge in [0.1, 0.15) is 0 Å². The fourth-order valence-electron chi connectivity index (χ4n) is 1.56. The van der Waals surface area contributed by atoms with Crippen molar-refractivity contribution in [1.82, 2.24) is 15.5 Å². The van der Waals surface area contributed by atoms with Crippen LogP contribution in [0.1, 0.15) is 12.3 Å². The van der Waals surface area contributed by atoms with Crippen molar-refractivity contribution in [1.29, 1.82) is 0 Å². The molecule has 2 rings (SSSR count). The van der Waals surface area contributed by atoms with E-state index in [0.29, 0.717) is 50.9 Å². The number of hydrogen-bond donors (Lipinski definition) is 2. The molecule has 0 atom stereocenters. The molecule has 1 saturated heterocycles. The van der Waals surface area contributed by atoms with Gasteiger partial charge in [-0.05, 0) is 0 Å². The summed E-state index contributed by atoms with van der Waals surface area (Å²) in [5.41, 5.74) is 5.40. The van der Waals surface area contributed by atoms with Gasteiger partial charge >= 0.3 is 6.01 Å². The molecule has 0 unspecified atom stereocenters. The van der Waals surface area contributed by atoms with Gasteiger partial charge in [0.25, 0.3) is 0 Å². The van der Waals surface area contributed by atoms with Crippen LogP contribution in [0, 0.1) is 0 Å². The van der Waals surface area contributed by atoms with Gasteiger partial charge in [-0.1, -0.05) is 5.10 Å². The highest BCUT2D eigenvalue weighted by Gasteiger charge is 2.18. The highest BCUT2D eigenvalue weighted by atomic mass is 16.4. The number of nitrogens with one attached hydrogen (secondary N) is 1. The minimum absolute atomic E-state index is 0.0594. The SMILES string of the molecule is NCCc1nnc(N2CCNC(=O)CC2)o1. The normalized spacial score (nSPS) is 17.1. The first kappa shape index (κ1) is 10.9. The van der Waals surface area contributed by atoms with Crippen LogP contribution in [-0.2, 0) is 11.2 Å². The van der Waals surface area contributed by atoms with Gasteiger partial charge in [0.05, 0.1) is 0 Å². The van der Waals surface area contributed by atoms with Crippen molar-refractivity contribution in [3.05, 3.63) is 5.89 Å². The summed E-state index contributed by atoms with van der Waals surface area (Å²) in [5, 5.41) is 10.6. The number of anilines is 1. The molecule has 0 spiro atoms. The number of carbonyl (C=O) groups excluding carboxylic acids is 1. The first-order valence-corrected chi connectivity index (χ1v) is 5.33. The Balaban J connectivity index is 2.01. The fourth-order valence-corrected chi connectivity index (χ4v) is 1.56. The maximum atomic E-state index is 11.1. The average Bonchev–Trinajstić information content (AvgIpc) is 2.62. The lowest BCUT2D eigenvalue weighted by atomic mass is 10.4. The van der Waals surface area contributed by atoms with Crippen LogP contribution in [-0.4, -0.2) is 42.3 Å². The van der Waals surface area contributed by atoms with Gasteiger partial charge in [-0.15, -0.1) is 5.10 Å². The van der Waals surface area contributed by atoms with Crippen LogP contribution in [0.15, 0.2) is 4.42 Å². The molecule has 0 aliphatic carbocycles. The second kappa shape index (κ2) is 4.93. The van der Waals surface area contributed by atoms with Crippen molar-refractivity contribution in [2.45, 2.75) is 12.8 Å². The van der Waals surface area contributed by atoms with Crippen LogP contribution in [0.25, 0.3) is 0 Å². The molecular weight excluding hydrogens is 210 g/mol. The molecule has 1 aliphatic heterocycles. The van der Waals surface area contributed by atoms with E-state index in [1.807, 2.05) is 4.90 Å². The Hall–Kier alpha value is -1.63. The lowest BCUT2D eigenvalue weighted by molar-refractivity contribution is -0.120. The number of aromatic nitrogens is 2. The van der Waals surface area contributed by atoms with E-state index < -0.39 is 0 Å². The minimum Gasteiger partial charge on any atom is -0.408 e. The van der Waals surface area contributed by atoms with Gasteiger partial charge in [0.15, 0.2) is 0 Å². The molecule has 1 amide bonds. The van der Waals surface area contributed by atoms with E-state index in [0.717, 1.165) is 0 Å². The van der Waals surface area contributed by atoms with Crippen molar-refractivity contribution in [2.75, 3.05) is 31.1 Å². The number of nitrogens with two attached hydrogens (primary N) is 1. The molecule has 0 bridgehead atoms. The summed E-state index contributed by atoms with van der Waals surface area (Å²) >= 11 is 0. The Bertz CT molecular complexity index is 365. The standard InChI is InChI=1S/C9H15N5O2/c10-3-1-8-12-13-9(16-8)14-5-2-7(15)11-4-6-14/h1-6,10H2,(H,11,15). The molecule has 1 aromatic heterocycles. The van der Waals surface area contributed by atoms with Gasteiger partial charge < -0.3 is 20.4 Å². The summed E-state index contributed by atoms with van der Waals surface area (Å²) < 4.78 is 5.44. The lowest BCUT2D eigenvalue weighted by Crippen LogP contribution is -2.28. The second-order valence-electron chi connectivity index (χ2n) is 3.60. The number of carbonyl (C=O) groups is 1. The number of amides is 1. The van der Waals surface area contributed by atoms with E-state index >= 15 is 0 Å². The molecule has 0 saturated carbocycles. The average molecular weight is 225 g/mol. The van der Waals surface area contributed by atoms with Crippen LogP contribution in [0.4, 0.5) is 6.01 Å². The van der Waals surface area contributed by atoms with E-state index in [1.165, 1.54) is 0 Å². The number of hydrogen-bond acceptors (Lipinski definition) is 6. The first-order valence-electron chi connectivity index (χ1n) is 5.33. The topological polar surface area (TPSA) is 97.3 Å². The van der Waals surface area contributed by atoms with E-state index in [1.54, 1.807) is 0 Å². The molecule has 2 heterocycles. The number of rotatable bonds is 3. The fraction of sp³-hybridized carbons (Fsp3) is 0.667. The summed E-state index contributed by atoms with van der Waals surface area (Å²) in [4.78, 5) is 13.1. The van der Waals surface area contributed by atoms with Gasteiger partial charge in [-0.2, -0.15) is 0 Å². The second-order valence-corrected chi connectivity index (χ2v) is 3.60. The summed E-state index contributed by atoms with van der Waals surface area (Å²) in [6.45, 7) is 2.39. The Labute approximate surface area is 93.0 Å². The van der Waals surface area contributed by atoms with Crippen LogP contribution in [0.2, 0.25) is 0 Å². The highest BCUT2D eigenvalue weighted by molar-refractivity contribution is 5.76. The van der Waals surface area contributed by atoms with Gasteiger partial charge in [0.2, 0.25) is 11.8 Å². The molecule has 3 N–H and O–H groups in total. The van der Waals surface area contributed by atoms with E-state index in [2.05, 4.69) is 15.5 Å². The molecule has 1 fully saturated rings. The van der Waals surface area contributed by atoms with Crippen LogP contribution in [0.3, 0.4) is 0 Å². The van der Waals surface area contributed by atoms with Crippen molar-refractivity contribution in [3.8, 4) is 0 Å². The van der Waals surface area contributed by atoms with Crippen molar-refractivity contribution < 1.29 is 9.21 Å². The third-order valence-corrected chi connectivity index (χ3v) is 2.40. The Kier molecular flexibility index (Phi) is 3.35. The van der Waals surface area contributed by atoms with Gasteiger partial charge in [-0.25, -0.2) is 0 Å². The Morgan fingerprint density at radius 3 is 3.12 bits per heavy atom. The van der Waals surface area contributed by atoms with Crippen LogP contribution >= 0.6 is 0 Å². The smallest absolute Gasteiger partial charge is 0.318 e. The van der Waals surface area contributed by atoms with Crippen molar-refractivity contribution in [2.24, 2.45) is 5.73 Å². The molecule has 1 aromatic rings. The lowest BCUT2D eigenvalue weighted by Gasteiger charge is -2.15. The molecule has 1 aliphatic rings. The molecule has 7 heteroatoms. The molecule has 7 nitrogen and oxygen atoms in total. The predicted molar refractivity (Wildman–Crippen MR) is 56.9 cm³/mol. The van der Waals surface area contributed by atoms with E-state index in [9.17, 15) is 4.79 Å². The van der Waals surface area contributed by atoms with Crippen LogP contribution in [0.5, 0.6) is 0 Å². The largest absolute Gasteiger partial charge is 0.408 e. The third-order valence-electron chi connectivity index (χ3n) is 2.40. The summed E-state index contributed by atoms with van der Waals surface area (Å²) in [6.07, 6.45) is 1.03. The summed E-state index contributed by atoms with van der Waals surface area (Å²) in [6, 6.07) is 0.472. The Morgan fingerprint density at radius 1 is 1.44 bits per heavy atom.